The normalized spacial score (nSPS) is 24.5. The van der Waals surface area contributed by atoms with Gasteiger partial charge in [-0.25, -0.2) is 17.7 Å². The van der Waals surface area contributed by atoms with Gasteiger partial charge in [0.2, 0.25) is 15.9 Å². The largest absolute Gasteiger partial charge is 0.302 e. The van der Waals surface area contributed by atoms with Crippen molar-refractivity contribution in [3.8, 4) is 11.3 Å². The number of fused-ring (bicyclic) bond motifs is 2. The molecule has 0 spiro atoms. The van der Waals surface area contributed by atoms with Gasteiger partial charge in [-0.3, -0.25) is 4.79 Å². The van der Waals surface area contributed by atoms with Crippen molar-refractivity contribution in [3.63, 3.8) is 0 Å². The zero-order valence-electron chi connectivity index (χ0n) is 15.4. The van der Waals surface area contributed by atoms with E-state index in [9.17, 15) is 13.2 Å². The summed E-state index contributed by atoms with van der Waals surface area (Å²) in [6.45, 7) is 0. The smallest absolute Gasteiger partial charge is 0.242 e. The highest BCUT2D eigenvalue weighted by Crippen LogP contribution is 2.48. The summed E-state index contributed by atoms with van der Waals surface area (Å²) in [6.07, 6.45) is 4.66. The first kappa shape index (κ1) is 18.6. The molecule has 8 heteroatoms. The maximum Gasteiger partial charge on any atom is 0.242 e. The fourth-order valence-electron chi connectivity index (χ4n) is 4.24. The van der Waals surface area contributed by atoms with Gasteiger partial charge in [0.15, 0.2) is 5.13 Å². The zero-order chi connectivity index (χ0) is 19.2. The number of nitrogens with zero attached hydrogens (tertiary/aromatic N) is 2. The Morgan fingerprint density at radius 3 is 2.52 bits per heavy atom. The van der Waals surface area contributed by atoms with Gasteiger partial charge in [0.05, 0.1) is 10.6 Å². The number of nitrogens with one attached hydrogen (secondary N) is 1. The van der Waals surface area contributed by atoms with Crippen LogP contribution in [0.4, 0.5) is 5.13 Å². The quantitative estimate of drug-likeness (QED) is 0.826. The third kappa shape index (κ3) is 3.53. The van der Waals surface area contributed by atoms with E-state index >= 15 is 0 Å². The van der Waals surface area contributed by atoms with Crippen molar-refractivity contribution in [1.29, 1.82) is 0 Å². The lowest BCUT2D eigenvalue weighted by Crippen LogP contribution is -2.27. The van der Waals surface area contributed by atoms with Crippen molar-refractivity contribution in [3.05, 3.63) is 29.6 Å². The molecule has 2 aromatic rings. The van der Waals surface area contributed by atoms with E-state index < -0.39 is 10.0 Å². The molecule has 1 aromatic heterocycles. The minimum Gasteiger partial charge on any atom is -0.302 e. The van der Waals surface area contributed by atoms with Gasteiger partial charge in [0.1, 0.15) is 0 Å². The molecule has 2 saturated carbocycles. The molecular formula is C19H23N3O3S2. The monoisotopic (exact) mass is 405 g/mol. The first-order chi connectivity index (χ1) is 12.8. The summed E-state index contributed by atoms with van der Waals surface area (Å²) in [5.41, 5.74) is 1.56. The van der Waals surface area contributed by atoms with Crippen LogP contribution in [0.5, 0.6) is 0 Å². The maximum absolute atomic E-state index is 12.6. The summed E-state index contributed by atoms with van der Waals surface area (Å²) in [5.74, 6) is 1.50. The third-order valence-corrected chi connectivity index (χ3v) is 8.32. The van der Waals surface area contributed by atoms with Crippen LogP contribution in [0.25, 0.3) is 11.3 Å². The van der Waals surface area contributed by atoms with Gasteiger partial charge in [-0.2, -0.15) is 0 Å². The predicted molar refractivity (Wildman–Crippen MR) is 106 cm³/mol. The SMILES string of the molecule is CN(C)S(=O)(=O)c1ccc(-c2csc(NC(=O)[C@@H]3C[C@H]4CC[C@H]3C4)n2)cc1. The molecule has 2 aliphatic rings. The van der Waals surface area contributed by atoms with E-state index in [2.05, 4.69) is 10.3 Å². The van der Waals surface area contributed by atoms with E-state index in [4.69, 9.17) is 0 Å². The Bertz CT molecular complexity index is 951. The number of sulfonamides is 1. The molecule has 0 aliphatic heterocycles. The minimum atomic E-state index is -3.44. The van der Waals surface area contributed by atoms with Crippen molar-refractivity contribution in [1.82, 2.24) is 9.29 Å². The first-order valence-corrected chi connectivity index (χ1v) is 11.5. The van der Waals surface area contributed by atoms with Crippen LogP contribution in [0.2, 0.25) is 0 Å². The molecule has 27 heavy (non-hydrogen) atoms. The van der Waals surface area contributed by atoms with Gasteiger partial charge in [-0.1, -0.05) is 18.6 Å². The Morgan fingerprint density at radius 1 is 1.19 bits per heavy atom. The minimum absolute atomic E-state index is 0.0931. The van der Waals surface area contributed by atoms with Crippen LogP contribution in [0.1, 0.15) is 25.7 Å². The molecule has 4 rings (SSSR count). The maximum atomic E-state index is 12.6. The number of carbonyl (C=O) groups is 1. The molecule has 1 N–H and O–H groups in total. The number of rotatable bonds is 5. The van der Waals surface area contributed by atoms with E-state index in [1.807, 2.05) is 5.38 Å². The van der Waals surface area contributed by atoms with Crippen molar-refractivity contribution in [2.24, 2.45) is 17.8 Å². The van der Waals surface area contributed by atoms with Crippen LogP contribution in [0.15, 0.2) is 34.5 Å². The highest BCUT2D eigenvalue weighted by Gasteiger charge is 2.43. The Balaban J connectivity index is 1.45. The van der Waals surface area contributed by atoms with Crippen molar-refractivity contribution in [2.45, 2.75) is 30.6 Å². The van der Waals surface area contributed by atoms with E-state index in [1.165, 1.54) is 49.0 Å². The molecule has 144 valence electrons. The average Bonchev–Trinajstić information content (AvgIpc) is 3.38. The highest BCUT2D eigenvalue weighted by molar-refractivity contribution is 7.89. The van der Waals surface area contributed by atoms with Crippen LogP contribution >= 0.6 is 11.3 Å². The molecule has 6 nitrogen and oxygen atoms in total. The van der Waals surface area contributed by atoms with Gasteiger partial charge < -0.3 is 5.32 Å². The molecule has 0 saturated heterocycles. The number of benzene rings is 1. The van der Waals surface area contributed by atoms with Gasteiger partial charge in [-0.15, -0.1) is 11.3 Å². The average molecular weight is 406 g/mol. The number of thiazole rings is 1. The van der Waals surface area contributed by atoms with E-state index in [-0.39, 0.29) is 16.7 Å². The number of hydrogen-bond donors (Lipinski definition) is 1. The van der Waals surface area contributed by atoms with Crippen molar-refractivity contribution in [2.75, 3.05) is 19.4 Å². The molecule has 2 fully saturated rings. The van der Waals surface area contributed by atoms with Crippen LogP contribution in [0, 0.1) is 17.8 Å². The molecule has 1 aromatic carbocycles. The summed E-state index contributed by atoms with van der Waals surface area (Å²) < 4.78 is 25.5. The molecule has 0 unspecified atom stereocenters. The lowest BCUT2D eigenvalue weighted by Gasteiger charge is -2.19. The van der Waals surface area contributed by atoms with Crippen molar-refractivity contribution < 1.29 is 13.2 Å². The molecule has 0 radical (unpaired) electrons. The van der Waals surface area contributed by atoms with Gasteiger partial charge >= 0.3 is 0 Å². The van der Waals surface area contributed by atoms with Gasteiger partial charge in [0.25, 0.3) is 0 Å². The van der Waals surface area contributed by atoms with Crippen LogP contribution in [-0.2, 0) is 14.8 Å². The van der Waals surface area contributed by atoms with E-state index in [0.717, 1.165) is 23.6 Å². The Hall–Kier alpha value is -1.77. The second-order valence-corrected chi connectivity index (χ2v) is 10.6. The standard InChI is InChI=1S/C19H23N3O3S2/c1-22(2)27(24,25)15-7-5-13(6-8-15)17-11-26-19(20-17)21-18(23)16-10-12-3-4-14(16)9-12/h5-8,11-12,14,16H,3-4,9-10H2,1-2H3,(H,20,21,23)/t12-,14-,16+/m0/s1. The predicted octanol–water partition coefficient (Wildman–Crippen LogP) is 3.44. The number of amides is 1. The number of carbonyl (C=O) groups excluding carboxylic acids is 1. The molecule has 1 amide bonds. The summed E-state index contributed by atoms with van der Waals surface area (Å²) in [4.78, 5) is 17.3. The van der Waals surface area contributed by atoms with Crippen LogP contribution < -0.4 is 5.32 Å². The fraction of sp³-hybridized carbons (Fsp3) is 0.474. The Kier molecular flexibility index (Phi) is 4.82. The first-order valence-electron chi connectivity index (χ1n) is 9.14. The Labute approximate surface area is 163 Å². The summed E-state index contributed by atoms with van der Waals surface area (Å²) >= 11 is 1.40. The summed E-state index contributed by atoms with van der Waals surface area (Å²) in [5, 5.41) is 5.46. The molecule has 1 heterocycles. The third-order valence-electron chi connectivity index (χ3n) is 5.74. The highest BCUT2D eigenvalue weighted by atomic mass is 32.2. The number of hydrogen-bond acceptors (Lipinski definition) is 5. The van der Waals surface area contributed by atoms with Crippen LogP contribution in [0.3, 0.4) is 0 Å². The lowest BCUT2D eigenvalue weighted by molar-refractivity contribution is -0.121. The number of aromatic nitrogens is 1. The van der Waals surface area contributed by atoms with E-state index in [0.29, 0.717) is 11.0 Å². The van der Waals surface area contributed by atoms with Gasteiger partial charge in [-0.05, 0) is 43.2 Å². The molecular weight excluding hydrogens is 382 g/mol. The second-order valence-electron chi connectivity index (χ2n) is 7.62. The second kappa shape index (κ2) is 7.00. The van der Waals surface area contributed by atoms with E-state index in [1.54, 1.807) is 24.3 Å². The Morgan fingerprint density at radius 2 is 1.93 bits per heavy atom. The summed E-state index contributed by atoms with van der Waals surface area (Å²) in [7, 11) is -0.424. The van der Waals surface area contributed by atoms with Crippen LogP contribution in [-0.4, -0.2) is 37.7 Å². The fourth-order valence-corrected chi connectivity index (χ4v) is 5.86. The molecule has 2 aliphatic carbocycles. The zero-order valence-corrected chi connectivity index (χ0v) is 17.0. The van der Waals surface area contributed by atoms with Gasteiger partial charge in [0, 0.05) is 31.0 Å². The molecule has 3 atom stereocenters. The lowest BCUT2D eigenvalue weighted by atomic mass is 9.88. The van der Waals surface area contributed by atoms with Crippen molar-refractivity contribution >= 4 is 32.4 Å². The number of anilines is 1. The summed E-state index contributed by atoms with van der Waals surface area (Å²) in [6, 6.07) is 6.65. The topological polar surface area (TPSA) is 79.4 Å². The molecule has 2 bridgehead atoms.